The summed E-state index contributed by atoms with van der Waals surface area (Å²) < 4.78 is 0. The van der Waals surface area contributed by atoms with Crippen LogP contribution in [0, 0.1) is 6.92 Å². The van der Waals surface area contributed by atoms with Gasteiger partial charge >= 0.3 is 0 Å². The van der Waals surface area contributed by atoms with Crippen molar-refractivity contribution in [3.05, 3.63) is 119 Å². The van der Waals surface area contributed by atoms with Gasteiger partial charge in [-0.2, -0.15) is 0 Å². The molecule has 0 spiro atoms. The minimum Gasteiger partial charge on any atom is -0.397 e. The topological polar surface area (TPSA) is 84.2 Å². The highest BCUT2D eigenvalue weighted by molar-refractivity contribution is 6.05. The summed E-state index contributed by atoms with van der Waals surface area (Å²) >= 11 is 0. The molecule has 5 nitrogen and oxygen atoms in total. The average Bonchev–Trinajstić information content (AvgIpc) is 2.85. The summed E-state index contributed by atoms with van der Waals surface area (Å²) in [5.74, 6) is -0.372. The number of carbonyl (C=O) groups is 2. The van der Waals surface area contributed by atoms with Crippen LogP contribution in [0.4, 0.5) is 11.4 Å². The molecule has 4 aromatic carbocycles. The molecule has 164 valence electrons. The number of benzene rings is 4. The SMILES string of the molecule is Cc1c(C(=O)NCc2ccc(C(=O)Nc3ccccc3N)cc2)cccc1-c1ccccc1. The highest BCUT2D eigenvalue weighted by Crippen LogP contribution is 2.25. The highest BCUT2D eigenvalue weighted by atomic mass is 16.2. The molecule has 4 N–H and O–H groups in total. The molecule has 0 saturated carbocycles. The van der Waals surface area contributed by atoms with Crippen LogP contribution in [0.15, 0.2) is 97.1 Å². The van der Waals surface area contributed by atoms with Gasteiger partial charge in [0.2, 0.25) is 0 Å². The van der Waals surface area contributed by atoms with E-state index in [0.29, 0.717) is 29.0 Å². The lowest BCUT2D eigenvalue weighted by Crippen LogP contribution is -2.23. The van der Waals surface area contributed by atoms with Crippen LogP contribution < -0.4 is 16.4 Å². The van der Waals surface area contributed by atoms with Crippen LogP contribution in [-0.2, 0) is 6.54 Å². The predicted octanol–water partition coefficient (Wildman–Crippen LogP) is 5.43. The fraction of sp³-hybridized carbons (Fsp3) is 0.0714. The third kappa shape index (κ3) is 5.10. The number of anilines is 2. The number of nitrogens with one attached hydrogen (secondary N) is 2. The Morgan fingerprint density at radius 2 is 1.45 bits per heavy atom. The monoisotopic (exact) mass is 435 g/mol. The van der Waals surface area contributed by atoms with Crippen molar-refractivity contribution in [2.75, 3.05) is 11.1 Å². The van der Waals surface area contributed by atoms with Gasteiger partial charge in [0.05, 0.1) is 11.4 Å². The summed E-state index contributed by atoms with van der Waals surface area (Å²) in [6.45, 7) is 2.32. The van der Waals surface area contributed by atoms with Gasteiger partial charge < -0.3 is 16.4 Å². The summed E-state index contributed by atoms with van der Waals surface area (Å²) in [4.78, 5) is 25.3. The largest absolute Gasteiger partial charge is 0.397 e. The first-order valence-electron chi connectivity index (χ1n) is 10.7. The average molecular weight is 436 g/mol. The third-order valence-corrected chi connectivity index (χ3v) is 5.54. The quantitative estimate of drug-likeness (QED) is 0.353. The zero-order valence-corrected chi connectivity index (χ0v) is 18.3. The van der Waals surface area contributed by atoms with Crippen LogP contribution in [0.3, 0.4) is 0 Å². The standard InChI is InChI=1S/C28H25N3O2/c1-19-23(21-8-3-2-4-9-21)10-7-11-24(19)28(33)30-18-20-14-16-22(17-15-20)27(32)31-26-13-6-5-12-25(26)29/h2-17H,18,29H2,1H3,(H,30,33)(H,31,32). The molecule has 33 heavy (non-hydrogen) atoms. The Kier molecular flexibility index (Phi) is 6.51. The van der Waals surface area contributed by atoms with Crippen molar-refractivity contribution in [3.8, 4) is 11.1 Å². The van der Waals surface area contributed by atoms with E-state index in [1.807, 2.05) is 79.7 Å². The minimum absolute atomic E-state index is 0.133. The van der Waals surface area contributed by atoms with E-state index in [9.17, 15) is 9.59 Å². The Balaban J connectivity index is 1.40. The van der Waals surface area contributed by atoms with E-state index >= 15 is 0 Å². The molecule has 2 amide bonds. The molecule has 0 unspecified atom stereocenters. The van der Waals surface area contributed by atoms with Crippen LogP contribution in [0.5, 0.6) is 0 Å². The number of nitrogen functional groups attached to an aromatic ring is 1. The minimum atomic E-state index is -0.239. The number of rotatable bonds is 6. The van der Waals surface area contributed by atoms with Crippen LogP contribution in [0.1, 0.15) is 31.8 Å². The number of carbonyl (C=O) groups excluding carboxylic acids is 2. The maximum atomic E-state index is 12.8. The van der Waals surface area contributed by atoms with E-state index in [4.69, 9.17) is 5.73 Å². The number of nitrogens with two attached hydrogens (primary N) is 1. The Bertz CT molecular complexity index is 1280. The molecule has 0 fully saturated rings. The first-order valence-corrected chi connectivity index (χ1v) is 10.7. The van der Waals surface area contributed by atoms with Crippen molar-refractivity contribution in [1.82, 2.24) is 5.32 Å². The summed E-state index contributed by atoms with van der Waals surface area (Å²) in [7, 11) is 0. The molecule has 0 radical (unpaired) electrons. The Morgan fingerprint density at radius 3 is 2.18 bits per heavy atom. The van der Waals surface area contributed by atoms with Crippen LogP contribution in [0.25, 0.3) is 11.1 Å². The van der Waals surface area contributed by atoms with Crippen LogP contribution in [-0.4, -0.2) is 11.8 Å². The molecule has 0 aliphatic carbocycles. The van der Waals surface area contributed by atoms with E-state index in [0.717, 1.165) is 22.3 Å². The molecule has 0 aliphatic rings. The van der Waals surface area contributed by atoms with Crippen LogP contribution in [0.2, 0.25) is 0 Å². The second-order valence-electron chi connectivity index (χ2n) is 7.77. The maximum Gasteiger partial charge on any atom is 0.255 e. The lowest BCUT2D eigenvalue weighted by molar-refractivity contribution is 0.0949. The van der Waals surface area contributed by atoms with E-state index < -0.39 is 0 Å². The molecule has 5 heteroatoms. The van der Waals surface area contributed by atoms with Gasteiger partial charge in [-0.15, -0.1) is 0 Å². The molecule has 0 atom stereocenters. The Hall–Kier alpha value is -4.38. The van der Waals surface area contributed by atoms with Gasteiger partial charge in [-0.1, -0.05) is 66.7 Å². The molecule has 4 rings (SSSR count). The summed E-state index contributed by atoms with van der Waals surface area (Å²) in [6, 6.07) is 30.0. The van der Waals surface area contributed by atoms with E-state index in [2.05, 4.69) is 10.6 Å². The smallest absolute Gasteiger partial charge is 0.255 e. The Morgan fingerprint density at radius 1 is 0.758 bits per heavy atom. The summed E-state index contributed by atoms with van der Waals surface area (Å²) in [5, 5.41) is 5.78. The maximum absolute atomic E-state index is 12.8. The zero-order chi connectivity index (χ0) is 23.2. The first-order chi connectivity index (χ1) is 16.0. The van der Waals surface area contributed by atoms with Crippen molar-refractivity contribution < 1.29 is 9.59 Å². The van der Waals surface area contributed by atoms with Gasteiger partial charge in [0.25, 0.3) is 11.8 Å². The molecule has 0 bridgehead atoms. The lowest BCUT2D eigenvalue weighted by atomic mass is 9.96. The highest BCUT2D eigenvalue weighted by Gasteiger charge is 2.13. The lowest BCUT2D eigenvalue weighted by Gasteiger charge is -2.12. The summed E-state index contributed by atoms with van der Waals surface area (Å²) in [6.07, 6.45) is 0. The second-order valence-corrected chi connectivity index (χ2v) is 7.77. The number of hydrogen-bond donors (Lipinski definition) is 3. The van der Waals surface area contributed by atoms with Gasteiger partial charge in [0.1, 0.15) is 0 Å². The van der Waals surface area contributed by atoms with Crippen molar-refractivity contribution in [2.24, 2.45) is 0 Å². The van der Waals surface area contributed by atoms with Gasteiger partial charge in [-0.05, 0) is 59.5 Å². The molecule has 4 aromatic rings. The van der Waals surface area contributed by atoms with Gasteiger partial charge in [0, 0.05) is 17.7 Å². The summed E-state index contributed by atoms with van der Waals surface area (Å²) in [5.41, 5.74) is 12.1. The molecule has 0 aromatic heterocycles. The normalized spacial score (nSPS) is 10.5. The van der Waals surface area contributed by atoms with Crippen molar-refractivity contribution in [1.29, 1.82) is 0 Å². The van der Waals surface area contributed by atoms with E-state index in [1.54, 1.807) is 24.3 Å². The third-order valence-electron chi connectivity index (χ3n) is 5.54. The van der Waals surface area contributed by atoms with Gasteiger partial charge in [0.15, 0.2) is 0 Å². The molecule has 0 aliphatic heterocycles. The molecule has 0 saturated heterocycles. The van der Waals surface area contributed by atoms with E-state index in [-0.39, 0.29) is 11.8 Å². The van der Waals surface area contributed by atoms with Gasteiger partial charge in [-0.25, -0.2) is 0 Å². The van der Waals surface area contributed by atoms with Crippen LogP contribution >= 0.6 is 0 Å². The fourth-order valence-electron chi connectivity index (χ4n) is 3.67. The van der Waals surface area contributed by atoms with E-state index in [1.165, 1.54) is 0 Å². The second kappa shape index (κ2) is 9.83. The predicted molar refractivity (Wildman–Crippen MR) is 133 cm³/mol. The molecular weight excluding hydrogens is 410 g/mol. The molecular formula is C28H25N3O2. The van der Waals surface area contributed by atoms with Crippen molar-refractivity contribution >= 4 is 23.2 Å². The van der Waals surface area contributed by atoms with Crippen molar-refractivity contribution in [3.63, 3.8) is 0 Å². The fourth-order valence-corrected chi connectivity index (χ4v) is 3.67. The number of amides is 2. The number of para-hydroxylation sites is 2. The Labute approximate surface area is 193 Å². The zero-order valence-electron chi connectivity index (χ0n) is 18.3. The van der Waals surface area contributed by atoms with Gasteiger partial charge in [-0.3, -0.25) is 9.59 Å². The first kappa shape index (κ1) is 21.8. The van der Waals surface area contributed by atoms with Crippen molar-refractivity contribution in [2.45, 2.75) is 13.5 Å². The number of hydrogen-bond acceptors (Lipinski definition) is 3. The molecule has 0 heterocycles.